The van der Waals surface area contributed by atoms with Gasteiger partial charge in [-0.2, -0.15) is 0 Å². The Morgan fingerprint density at radius 3 is 2.57 bits per heavy atom. The molecule has 28 heavy (non-hydrogen) atoms. The number of amides is 2. The molecule has 0 spiro atoms. The summed E-state index contributed by atoms with van der Waals surface area (Å²) in [5.74, 6) is 0.878. The molecule has 1 heterocycles. The zero-order valence-corrected chi connectivity index (χ0v) is 18.0. The van der Waals surface area contributed by atoms with Crippen molar-refractivity contribution in [3.05, 3.63) is 39.6 Å². The summed E-state index contributed by atoms with van der Waals surface area (Å²) in [6, 6.07) is 7.22. The Morgan fingerprint density at radius 1 is 1.18 bits per heavy atom. The Balaban J connectivity index is 1.79. The lowest BCUT2D eigenvalue weighted by atomic mass is 9.72. The van der Waals surface area contributed by atoms with E-state index in [4.69, 9.17) is 4.74 Å². The van der Waals surface area contributed by atoms with Gasteiger partial charge >= 0.3 is 0 Å². The molecular formula is C22H28N2O3S. The van der Waals surface area contributed by atoms with Crippen molar-refractivity contribution in [2.45, 2.75) is 47.0 Å². The molecule has 1 aromatic carbocycles. The van der Waals surface area contributed by atoms with Crippen LogP contribution in [0.3, 0.4) is 0 Å². The van der Waals surface area contributed by atoms with Crippen molar-refractivity contribution in [1.29, 1.82) is 0 Å². The summed E-state index contributed by atoms with van der Waals surface area (Å²) >= 11 is 1.58. The van der Waals surface area contributed by atoms with E-state index in [-0.39, 0.29) is 17.2 Å². The fourth-order valence-electron chi connectivity index (χ4n) is 3.65. The fraction of sp³-hybridized carbons (Fsp3) is 0.455. The number of fused-ring (bicyclic) bond motifs is 1. The molecule has 0 fully saturated rings. The van der Waals surface area contributed by atoms with E-state index in [1.165, 1.54) is 23.8 Å². The van der Waals surface area contributed by atoms with Crippen LogP contribution in [0.15, 0.2) is 24.3 Å². The standard InChI is InChI=1S/C22H28N2O3S/c1-13(25)23-16-7-8-18(27-5)17(12-16)24-21(26)20-11-14-10-15(22(2,3)4)6-9-19(14)28-20/h7-8,11-12,15H,6,9-10H2,1-5H3,(H,23,25)(H,24,26). The number of carbonyl (C=O) groups excluding carboxylic acids is 2. The van der Waals surface area contributed by atoms with Crippen LogP contribution in [-0.2, 0) is 17.6 Å². The van der Waals surface area contributed by atoms with E-state index in [2.05, 4.69) is 31.4 Å². The number of anilines is 2. The van der Waals surface area contributed by atoms with Crippen LogP contribution < -0.4 is 15.4 Å². The minimum atomic E-state index is -0.165. The van der Waals surface area contributed by atoms with Crippen LogP contribution in [0.4, 0.5) is 11.4 Å². The first-order valence-corrected chi connectivity index (χ1v) is 10.4. The third-order valence-corrected chi connectivity index (χ3v) is 6.54. The van der Waals surface area contributed by atoms with Crippen molar-refractivity contribution in [3.8, 4) is 5.75 Å². The summed E-state index contributed by atoms with van der Waals surface area (Å²) < 4.78 is 5.35. The topological polar surface area (TPSA) is 67.4 Å². The second-order valence-corrected chi connectivity index (χ2v) is 9.55. The van der Waals surface area contributed by atoms with Gasteiger partial charge in [0, 0.05) is 17.5 Å². The number of aryl methyl sites for hydroxylation is 1. The van der Waals surface area contributed by atoms with E-state index in [0.717, 1.165) is 12.8 Å². The molecule has 5 nitrogen and oxygen atoms in total. The van der Waals surface area contributed by atoms with Crippen molar-refractivity contribution in [2.24, 2.45) is 11.3 Å². The molecule has 0 bridgehead atoms. The average molecular weight is 401 g/mol. The van der Waals surface area contributed by atoms with Gasteiger partial charge in [0.2, 0.25) is 5.91 Å². The van der Waals surface area contributed by atoms with E-state index in [1.54, 1.807) is 36.6 Å². The summed E-state index contributed by atoms with van der Waals surface area (Å²) in [5.41, 5.74) is 2.74. The molecular weight excluding hydrogens is 372 g/mol. The SMILES string of the molecule is COc1ccc(NC(C)=O)cc1NC(=O)c1cc2c(s1)CCC(C(C)(C)C)C2. The molecule has 1 aliphatic carbocycles. The van der Waals surface area contributed by atoms with Crippen LogP contribution in [0.2, 0.25) is 0 Å². The van der Waals surface area contributed by atoms with Gasteiger partial charge in [-0.15, -0.1) is 11.3 Å². The second-order valence-electron chi connectivity index (χ2n) is 8.42. The number of nitrogens with one attached hydrogen (secondary N) is 2. The summed E-state index contributed by atoms with van der Waals surface area (Å²) in [6.45, 7) is 8.31. The molecule has 150 valence electrons. The third kappa shape index (κ3) is 4.55. The number of benzene rings is 1. The molecule has 0 radical (unpaired) electrons. The van der Waals surface area contributed by atoms with Crippen LogP contribution >= 0.6 is 11.3 Å². The second kappa shape index (κ2) is 7.95. The van der Waals surface area contributed by atoms with E-state index in [0.29, 0.717) is 27.9 Å². The highest BCUT2D eigenvalue weighted by Gasteiger charge is 2.30. The van der Waals surface area contributed by atoms with Crippen LogP contribution in [-0.4, -0.2) is 18.9 Å². The molecule has 1 aliphatic rings. The van der Waals surface area contributed by atoms with Crippen LogP contribution in [0.25, 0.3) is 0 Å². The lowest BCUT2D eigenvalue weighted by Gasteiger charge is -2.33. The van der Waals surface area contributed by atoms with Crippen LogP contribution in [0, 0.1) is 11.3 Å². The zero-order chi connectivity index (χ0) is 20.5. The minimum Gasteiger partial charge on any atom is -0.495 e. The first-order valence-electron chi connectivity index (χ1n) is 9.56. The zero-order valence-electron chi connectivity index (χ0n) is 17.1. The van der Waals surface area contributed by atoms with Gasteiger partial charge in [0.25, 0.3) is 5.91 Å². The summed E-state index contributed by atoms with van der Waals surface area (Å²) in [6.07, 6.45) is 3.24. The fourth-order valence-corrected chi connectivity index (χ4v) is 4.75. The van der Waals surface area contributed by atoms with Crippen LogP contribution in [0.1, 0.15) is 54.2 Å². The summed E-state index contributed by atoms with van der Waals surface area (Å²) in [4.78, 5) is 26.2. The van der Waals surface area contributed by atoms with Crippen molar-refractivity contribution in [1.82, 2.24) is 0 Å². The first kappa shape index (κ1) is 20.4. The Bertz CT molecular complexity index is 896. The highest BCUT2D eigenvalue weighted by atomic mass is 32.1. The third-order valence-electron chi connectivity index (χ3n) is 5.30. The number of hydrogen-bond donors (Lipinski definition) is 2. The van der Waals surface area contributed by atoms with Crippen molar-refractivity contribution < 1.29 is 14.3 Å². The molecule has 1 unspecified atom stereocenters. The molecule has 6 heteroatoms. The van der Waals surface area contributed by atoms with Gasteiger partial charge in [-0.1, -0.05) is 20.8 Å². The number of thiophene rings is 1. The lowest BCUT2D eigenvalue weighted by Crippen LogP contribution is -2.26. The van der Waals surface area contributed by atoms with Gasteiger partial charge in [0.1, 0.15) is 5.75 Å². The quantitative estimate of drug-likeness (QED) is 0.749. The van der Waals surface area contributed by atoms with Crippen molar-refractivity contribution in [2.75, 3.05) is 17.7 Å². The van der Waals surface area contributed by atoms with E-state index >= 15 is 0 Å². The maximum absolute atomic E-state index is 12.9. The predicted octanol–water partition coefficient (Wildman–Crippen LogP) is 5.12. The van der Waals surface area contributed by atoms with Gasteiger partial charge < -0.3 is 15.4 Å². The summed E-state index contributed by atoms with van der Waals surface area (Å²) in [5, 5.41) is 5.66. The number of carbonyl (C=O) groups is 2. The minimum absolute atomic E-state index is 0.148. The van der Waals surface area contributed by atoms with Gasteiger partial charge in [0.05, 0.1) is 17.7 Å². The van der Waals surface area contributed by atoms with Gasteiger partial charge in [-0.25, -0.2) is 0 Å². The molecule has 1 aromatic heterocycles. The number of ether oxygens (including phenoxy) is 1. The molecule has 0 saturated carbocycles. The molecule has 2 N–H and O–H groups in total. The smallest absolute Gasteiger partial charge is 0.265 e. The Kier molecular flexibility index (Phi) is 5.79. The highest BCUT2D eigenvalue weighted by Crippen LogP contribution is 2.40. The number of hydrogen-bond acceptors (Lipinski definition) is 4. The number of methoxy groups -OCH3 is 1. The maximum Gasteiger partial charge on any atom is 0.265 e. The van der Waals surface area contributed by atoms with Crippen LogP contribution in [0.5, 0.6) is 5.75 Å². The Labute approximate surface area is 170 Å². The Hall–Kier alpha value is -2.34. The Morgan fingerprint density at radius 2 is 1.93 bits per heavy atom. The van der Waals surface area contributed by atoms with Crippen molar-refractivity contribution in [3.63, 3.8) is 0 Å². The summed E-state index contributed by atoms with van der Waals surface area (Å²) in [7, 11) is 1.56. The predicted molar refractivity (Wildman–Crippen MR) is 115 cm³/mol. The number of rotatable bonds is 4. The molecule has 3 rings (SSSR count). The van der Waals surface area contributed by atoms with Gasteiger partial charge in [0.15, 0.2) is 0 Å². The largest absolute Gasteiger partial charge is 0.495 e. The van der Waals surface area contributed by atoms with E-state index in [9.17, 15) is 9.59 Å². The van der Waals surface area contributed by atoms with Gasteiger partial charge in [-0.05, 0) is 60.4 Å². The average Bonchev–Trinajstić information content (AvgIpc) is 3.04. The van der Waals surface area contributed by atoms with E-state index < -0.39 is 0 Å². The maximum atomic E-state index is 12.9. The lowest BCUT2D eigenvalue weighted by molar-refractivity contribution is -0.114. The molecule has 0 aliphatic heterocycles. The highest BCUT2D eigenvalue weighted by molar-refractivity contribution is 7.14. The molecule has 1 atom stereocenters. The monoisotopic (exact) mass is 400 g/mol. The molecule has 2 aromatic rings. The molecule has 0 saturated heterocycles. The van der Waals surface area contributed by atoms with Crippen molar-refractivity contribution >= 4 is 34.5 Å². The molecule has 2 amide bonds. The van der Waals surface area contributed by atoms with E-state index in [1.807, 2.05) is 6.07 Å². The van der Waals surface area contributed by atoms with Gasteiger partial charge in [-0.3, -0.25) is 9.59 Å². The normalized spacial score (nSPS) is 16.2. The first-order chi connectivity index (χ1) is 13.2.